The van der Waals surface area contributed by atoms with Gasteiger partial charge in [-0.3, -0.25) is 4.68 Å². The molecular weight excluding hydrogens is 208 g/mol. The Hall–Kier alpha value is -1.36. The summed E-state index contributed by atoms with van der Waals surface area (Å²) in [5.41, 5.74) is 2.32. The van der Waals surface area contributed by atoms with Crippen LogP contribution < -0.4 is 0 Å². The van der Waals surface area contributed by atoms with Crippen LogP contribution >= 0.6 is 12.2 Å². The number of nitrogens with one attached hydrogen (secondary N) is 1. The van der Waals surface area contributed by atoms with Crippen molar-refractivity contribution in [3.05, 3.63) is 34.6 Å². The van der Waals surface area contributed by atoms with Crippen molar-refractivity contribution in [3.8, 4) is 0 Å². The summed E-state index contributed by atoms with van der Waals surface area (Å²) in [4.78, 5) is 3.11. The molecule has 4 nitrogen and oxygen atoms in total. The first-order valence-electron chi connectivity index (χ1n) is 4.90. The lowest BCUT2D eigenvalue weighted by Gasteiger charge is -2.02. The van der Waals surface area contributed by atoms with E-state index in [-0.39, 0.29) is 0 Å². The molecule has 15 heavy (non-hydrogen) atoms. The number of nitrogens with zero attached hydrogens (tertiary/aromatic N) is 3. The minimum Gasteiger partial charge on any atom is -0.335 e. The minimum atomic E-state index is 0.787. The Morgan fingerprint density at radius 1 is 1.53 bits per heavy atom. The maximum Gasteiger partial charge on any atom is 0.177 e. The summed E-state index contributed by atoms with van der Waals surface area (Å²) < 4.78 is 4.73. The summed E-state index contributed by atoms with van der Waals surface area (Å²) in [6.45, 7) is 2.90. The van der Waals surface area contributed by atoms with E-state index in [1.54, 1.807) is 0 Å². The fourth-order valence-corrected chi connectivity index (χ4v) is 1.92. The molecular formula is C10H14N4S. The normalized spacial score (nSPS) is 10.8. The van der Waals surface area contributed by atoms with Gasteiger partial charge in [0, 0.05) is 43.8 Å². The van der Waals surface area contributed by atoms with E-state index in [1.807, 2.05) is 37.1 Å². The molecule has 0 aromatic carbocycles. The topological polar surface area (TPSA) is 38.5 Å². The second-order valence-corrected chi connectivity index (χ2v) is 4.02. The number of hydrogen-bond donors (Lipinski definition) is 1. The van der Waals surface area contributed by atoms with Gasteiger partial charge >= 0.3 is 0 Å². The Balaban J connectivity index is 2.08. The molecule has 0 aliphatic rings. The summed E-state index contributed by atoms with van der Waals surface area (Å²) in [6.07, 6.45) is 4.80. The highest BCUT2D eigenvalue weighted by Gasteiger charge is 2.00. The van der Waals surface area contributed by atoms with Gasteiger partial charge in [-0.15, -0.1) is 0 Å². The highest BCUT2D eigenvalue weighted by atomic mass is 32.1. The summed E-state index contributed by atoms with van der Waals surface area (Å²) >= 11 is 5.19. The van der Waals surface area contributed by atoms with Gasteiger partial charge in [0.15, 0.2) is 4.77 Å². The Morgan fingerprint density at radius 2 is 2.33 bits per heavy atom. The zero-order valence-electron chi connectivity index (χ0n) is 8.90. The van der Waals surface area contributed by atoms with Gasteiger partial charge in [0.05, 0.1) is 0 Å². The van der Waals surface area contributed by atoms with Crippen LogP contribution in [0, 0.1) is 11.7 Å². The lowest BCUT2D eigenvalue weighted by atomic mass is 10.3. The summed E-state index contributed by atoms with van der Waals surface area (Å²) in [6, 6.07) is 2.03. The summed E-state index contributed by atoms with van der Waals surface area (Å²) in [5, 5.41) is 4.13. The Labute approximate surface area is 93.6 Å². The predicted molar refractivity (Wildman–Crippen MR) is 61.3 cm³/mol. The van der Waals surface area contributed by atoms with Crippen molar-refractivity contribution >= 4 is 12.2 Å². The van der Waals surface area contributed by atoms with Crippen molar-refractivity contribution in [2.24, 2.45) is 7.05 Å². The van der Waals surface area contributed by atoms with Gasteiger partial charge < -0.3 is 9.55 Å². The van der Waals surface area contributed by atoms with E-state index in [0.29, 0.717) is 0 Å². The van der Waals surface area contributed by atoms with Gasteiger partial charge in [-0.05, 0) is 25.2 Å². The third kappa shape index (κ3) is 2.18. The molecule has 2 aromatic heterocycles. The van der Waals surface area contributed by atoms with Crippen LogP contribution in [0.5, 0.6) is 0 Å². The van der Waals surface area contributed by atoms with Gasteiger partial charge in [0.25, 0.3) is 0 Å². The maximum atomic E-state index is 5.19. The van der Waals surface area contributed by atoms with Crippen LogP contribution in [0.15, 0.2) is 18.5 Å². The molecule has 0 spiro atoms. The standard InChI is InChI=1S/C10H14N4S/c1-8-7-14(10(15)12-8)6-4-9-3-5-11-13(9)2/h3,5,7H,4,6H2,1-2H3,(H,12,15). The molecule has 0 unspecified atom stereocenters. The average Bonchev–Trinajstić information content (AvgIpc) is 2.70. The molecule has 2 rings (SSSR count). The maximum absolute atomic E-state index is 5.19. The fraction of sp³-hybridized carbons (Fsp3) is 0.400. The number of hydrogen-bond acceptors (Lipinski definition) is 2. The van der Waals surface area contributed by atoms with Crippen molar-refractivity contribution in [1.82, 2.24) is 19.3 Å². The number of H-pyrrole nitrogens is 1. The SMILES string of the molecule is Cc1cn(CCc2ccnn2C)c(=S)[nH]1. The zero-order chi connectivity index (χ0) is 10.8. The van der Waals surface area contributed by atoms with Crippen molar-refractivity contribution < 1.29 is 0 Å². The Bertz CT molecular complexity index is 505. The van der Waals surface area contributed by atoms with E-state index in [2.05, 4.69) is 14.6 Å². The van der Waals surface area contributed by atoms with E-state index in [0.717, 1.165) is 23.4 Å². The molecule has 0 radical (unpaired) electrons. The van der Waals surface area contributed by atoms with Crippen LogP contribution in [-0.2, 0) is 20.0 Å². The second kappa shape index (κ2) is 4.02. The molecule has 1 N–H and O–H groups in total. The first-order valence-corrected chi connectivity index (χ1v) is 5.30. The van der Waals surface area contributed by atoms with Gasteiger partial charge in [-0.25, -0.2) is 0 Å². The largest absolute Gasteiger partial charge is 0.335 e. The van der Waals surface area contributed by atoms with E-state index in [1.165, 1.54) is 5.69 Å². The summed E-state index contributed by atoms with van der Waals surface area (Å²) in [5.74, 6) is 0. The molecule has 80 valence electrons. The molecule has 2 aromatic rings. The lowest BCUT2D eigenvalue weighted by molar-refractivity contribution is 0.632. The average molecular weight is 222 g/mol. The van der Waals surface area contributed by atoms with Crippen molar-refractivity contribution in [3.63, 3.8) is 0 Å². The highest BCUT2D eigenvalue weighted by Crippen LogP contribution is 2.02. The molecule has 0 amide bonds. The Kier molecular flexibility index (Phi) is 2.73. The Morgan fingerprint density at radius 3 is 2.87 bits per heavy atom. The van der Waals surface area contributed by atoms with Gasteiger partial charge in [0.2, 0.25) is 0 Å². The van der Waals surface area contributed by atoms with Gasteiger partial charge in [-0.2, -0.15) is 5.10 Å². The second-order valence-electron chi connectivity index (χ2n) is 3.63. The number of aryl methyl sites for hydroxylation is 4. The first kappa shape index (κ1) is 10.2. The van der Waals surface area contributed by atoms with Crippen molar-refractivity contribution in [2.45, 2.75) is 19.9 Å². The van der Waals surface area contributed by atoms with Crippen LogP contribution in [0.3, 0.4) is 0 Å². The third-order valence-electron chi connectivity index (χ3n) is 2.45. The molecule has 0 bridgehead atoms. The number of aromatic nitrogens is 4. The van der Waals surface area contributed by atoms with Crippen LogP contribution in [0.1, 0.15) is 11.4 Å². The van der Waals surface area contributed by atoms with Crippen LogP contribution in [0.2, 0.25) is 0 Å². The van der Waals surface area contributed by atoms with E-state index < -0.39 is 0 Å². The number of rotatable bonds is 3. The number of aromatic amines is 1. The molecule has 5 heteroatoms. The quantitative estimate of drug-likeness (QED) is 0.805. The summed E-state index contributed by atoms with van der Waals surface area (Å²) in [7, 11) is 1.96. The molecule has 2 heterocycles. The molecule has 0 saturated heterocycles. The van der Waals surface area contributed by atoms with Gasteiger partial charge in [0.1, 0.15) is 0 Å². The first-order chi connectivity index (χ1) is 7.16. The molecule has 0 aliphatic carbocycles. The lowest BCUT2D eigenvalue weighted by Crippen LogP contribution is -2.04. The van der Waals surface area contributed by atoms with E-state index >= 15 is 0 Å². The smallest absolute Gasteiger partial charge is 0.177 e. The zero-order valence-corrected chi connectivity index (χ0v) is 9.71. The minimum absolute atomic E-state index is 0.787. The fourth-order valence-electron chi connectivity index (χ4n) is 1.61. The van der Waals surface area contributed by atoms with Crippen molar-refractivity contribution in [2.75, 3.05) is 0 Å². The van der Waals surface area contributed by atoms with Gasteiger partial charge in [-0.1, -0.05) is 0 Å². The number of imidazole rings is 1. The third-order valence-corrected chi connectivity index (χ3v) is 2.78. The van der Waals surface area contributed by atoms with Crippen molar-refractivity contribution in [1.29, 1.82) is 0 Å². The van der Waals surface area contributed by atoms with E-state index in [9.17, 15) is 0 Å². The monoisotopic (exact) mass is 222 g/mol. The van der Waals surface area contributed by atoms with E-state index in [4.69, 9.17) is 12.2 Å². The highest BCUT2D eigenvalue weighted by molar-refractivity contribution is 7.71. The molecule has 0 aliphatic heterocycles. The molecule has 0 saturated carbocycles. The molecule has 0 fully saturated rings. The predicted octanol–water partition coefficient (Wildman–Crippen LogP) is 1.83. The molecule has 0 atom stereocenters. The van der Waals surface area contributed by atoms with Crippen LogP contribution in [0.25, 0.3) is 0 Å². The van der Waals surface area contributed by atoms with Crippen LogP contribution in [0.4, 0.5) is 0 Å². The van der Waals surface area contributed by atoms with Crippen LogP contribution in [-0.4, -0.2) is 19.3 Å².